The number of urea groups is 1. The van der Waals surface area contributed by atoms with E-state index in [-0.39, 0.29) is 18.4 Å². The van der Waals surface area contributed by atoms with E-state index >= 15 is 0 Å². The van der Waals surface area contributed by atoms with Crippen molar-refractivity contribution in [2.24, 2.45) is 0 Å². The first-order valence-corrected chi connectivity index (χ1v) is 11.2. The minimum absolute atomic E-state index is 0.162. The molecule has 0 aliphatic heterocycles. The molecule has 0 saturated carbocycles. The van der Waals surface area contributed by atoms with Crippen LogP contribution in [0.5, 0.6) is 5.75 Å². The van der Waals surface area contributed by atoms with Gasteiger partial charge in [0.1, 0.15) is 10.8 Å². The van der Waals surface area contributed by atoms with Gasteiger partial charge in [0, 0.05) is 30.8 Å². The summed E-state index contributed by atoms with van der Waals surface area (Å²) in [6, 6.07) is 14.8. The molecule has 0 bridgehead atoms. The minimum atomic E-state index is -0.248. The third-order valence-corrected chi connectivity index (χ3v) is 5.55. The number of rotatable bonds is 9. The lowest BCUT2D eigenvalue weighted by Crippen LogP contribution is -2.37. The Morgan fingerprint density at radius 3 is 2.53 bits per heavy atom. The van der Waals surface area contributed by atoms with Crippen LogP contribution in [0.4, 0.5) is 15.6 Å². The Balaban J connectivity index is 1.53. The number of carbonyl (C=O) groups is 2. The average Bonchev–Trinajstić information content (AvgIpc) is 3.25. The molecular weight excluding hydrogens is 426 g/mol. The monoisotopic (exact) mass is 453 g/mol. The van der Waals surface area contributed by atoms with Gasteiger partial charge in [-0.2, -0.15) is 0 Å². The number of nitrogens with zero attached hydrogens (tertiary/aromatic N) is 3. The molecular formula is C23H27N5O3S. The van der Waals surface area contributed by atoms with E-state index in [2.05, 4.69) is 20.8 Å². The van der Waals surface area contributed by atoms with E-state index in [1.165, 1.54) is 11.3 Å². The topological polar surface area (TPSA) is 96.5 Å². The maximum atomic E-state index is 12.6. The molecule has 0 saturated heterocycles. The van der Waals surface area contributed by atoms with Gasteiger partial charge in [-0.15, -0.1) is 10.2 Å². The van der Waals surface area contributed by atoms with Gasteiger partial charge in [0.05, 0.1) is 7.11 Å². The van der Waals surface area contributed by atoms with E-state index in [0.717, 1.165) is 22.6 Å². The second-order valence-electron chi connectivity index (χ2n) is 7.23. The number of hydrogen-bond acceptors (Lipinski definition) is 6. The Hall–Kier alpha value is -3.46. The van der Waals surface area contributed by atoms with Gasteiger partial charge >= 0.3 is 6.03 Å². The molecule has 3 amide bonds. The number of ether oxygens (including phenoxy) is 1. The number of carbonyl (C=O) groups excluding carboxylic acids is 2. The first-order valence-electron chi connectivity index (χ1n) is 10.4. The molecule has 1 heterocycles. The van der Waals surface area contributed by atoms with Crippen molar-refractivity contribution in [3.8, 4) is 16.3 Å². The molecule has 0 aliphatic carbocycles. The van der Waals surface area contributed by atoms with Crippen LogP contribution in [0.25, 0.3) is 10.6 Å². The van der Waals surface area contributed by atoms with Crippen molar-refractivity contribution in [3.63, 3.8) is 0 Å². The molecule has 9 heteroatoms. The number of anilines is 2. The van der Waals surface area contributed by atoms with Gasteiger partial charge in [-0.25, -0.2) is 4.79 Å². The molecule has 0 aliphatic rings. The van der Waals surface area contributed by atoms with Crippen molar-refractivity contribution in [1.29, 1.82) is 0 Å². The molecule has 0 fully saturated rings. The molecule has 0 atom stereocenters. The van der Waals surface area contributed by atoms with Gasteiger partial charge < -0.3 is 20.3 Å². The summed E-state index contributed by atoms with van der Waals surface area (Å²) in [5, 5.41) is 15.1. The first-order chi connectivity index (χ1) is 15.5. The molecule has 3 aromatic rings. The highest BCUT2D eigenvalue weighted by Gasteiger charge is 2.16. The normalized spacial score (nSPS) is 10.5. The van der Waals surface area contributed by atoms with Gasteiger partial charge in [-0.3, -0.25) is 4.79 Å². The largest absolute Gasteiger partial charge is 0.497 e. The smallest absolute Gasteiger partial charge is 0.321 e. The SMILES string of the molecule is CCCN(CCC(=O)Nc1nnc(-c2cccc(C)c2)s1)C(=O)Nc1ccc(OC)cc1. The van der Waals surface area contributed by atoms with Crippen molar-refractivity contribution in [2.45, 2.75) is 26.7 Å². The zero-order valence-corrected chi connectivity index (χ0v) is 19.2. The third kappa shape index (κ3) is 6.52. The van der Waals surface area contributed by atoms with Crippen LogP contribution < -0.4 is 15.4 Å². The highest BCUT2D eigenvalue weighted by Crippen LogP contribution is 2.26. The number of aromatic nitrogens is 2. The quantitative estimate of drug-likeness (QED) is 0.485. The fourth-order valence-electron chi connectivity index (χ4n) is 3.05. The molecule has 0 radical (unpaired) electrons. The van der Waals surface area contributed by atoms with Crippen LogP contribution in [0.1, 0.15) is 25.3 Å². The van der Waals surface area contributed by atoms with E-state index in [1.54, 1.807) is 36.3 Å². The van der Waals surface area contributed by atoms with E-state index < -0.39 is 0 Å². The van der Waals surface area contributed by atoms with Crippen molar-refractivity contribution >= 4 is 34.1 Å². The predicted octanol–water partition coefficient (Wildman–Crippen LogP) is 4.79. The second-order valence-corrected chi connectivity index (χ2v) is 8.20. The zero-order chi connectivity index (χ0) is 22.9. The summed E-state index contributed by atoms with van der Waals surface area (Å²) < 4.78 is 5.13. The number of methoxy groups -OCH3 is 1. The Bertz CT molecular complexity index is 1050. The molecule has 8 nitrogen and oxygen atoms in total. The average molecular weight is 454 g/mol. The maximum absolute atomic E-state index is 12.6. The maximum Gasteiger partial charge on any atom is 0.321 e. The van der Waals surface area contributed by atoms with Gasteiger partial charge in [0.25, 0.3) is 0 Å². The molecule has 32 heavy (non-hydrogen) atoms. The number of aryl methyl sites for hydroxylation is 1. The predicted molar refractivity (Wildman–Crippen MR) is 127 cm³/mol. The summed E-state index contributed by atoms with van der Waals surface area (Å²) >= 11 is 1.32. The van der Waals surface area contributed by atoms with Gasteiger partial charge in [-0.05, 0) is 43.7 Å². The van der Waals surface area contributed by atoms with E-state index in [4.69, 9.17) is 4.74 Å². The van der Waals surface area contributed by atoms with Crippen molar-refractivity contribution < 1.29 is 14.3 Å². The number of amides is 3. The van der Waals surface area contributed by atoms with Crippen LogP contribution in [0, 0.1) is 6.92 Å². The lowest BCUT2D eigenvalue weighted by atomic mass is 10.1. The summed E-state index contributed by atoms with van der Waals surface area (Å²) in [4.78, 5) is 26.7. The van der Waals surface area contributed by atoms with Gasteiger partial charge in [0.15, 0.2) is 0 Å². The molecule has 2 aromatic carbocycles. The minimum Gasteiger partial charge on any atom is -0.497 e. The molecule has 1 aromatic heterocycles. The molecule has 3 rings (SSSR count). The standard InChI is InChI=1S/C23H27N5O3S/c1-4-13-28(23(30)24-18-8-10-19(31-3)11-9-18)14-12-20(29)25-22-27-26-21(32-22)17-7-5-6-16(2)15-17/h5-11,15H,4,12-14H2,1-3H3,(H,24,30)(H,25,27,29). The Labute approximate surface area is 191 Å². The molecule has 0 unspecified atom stereocenters. The Morgan fingerprint density at radius 1 is 1.06 bits per heavy atom. The van der Waals surface area contributed by atoms with Crippen LogP contribution in [0.2, 0.25) is 0 Å². The molecule has 168 valence electrons. The van der Waals surface area contributed by atoms with Crippen LogP contribution in [-0.2, 0) is 4.79 Å². The number of nitrogens with one attached hydrogen (secondary N) is 2. The van der Waals surface area contributed by atoms with Crippen LogP contribution >= 0.6 is 11.3 Å². The third-order valence-electron chi connectivity index (χ3n) is 4.67. The highest BCUT2D eigenvalue weighted by atomic mass is 32.1. The van der Waals surface area contributed by atoms with Crippen molar-refractivity contribution in [3.05, 3.63) is 54.1 Å². The highest BCUT2D eigenvalue weighted by molar-refractivity contribution is 7.18. The van der Waals surface area contributed by atoms with Crippen molar-refractivity contribution in [1.82, 2.24) is 15.1 Å². The summed E-state index contributed by atoms with van der Waals surface area (Å²) in [6.45, 7) is 4.85. The summed E-state index contributed by atoms with van der Waals surface area (Å²) in [5.41, 5.74) is 2.76. The Kier molecular flexibility index (Phi) is 8.15. The van der Waals surface area contributed by atoms with Crippen LogP contribution in [-0.4, -0.2) is 47.2 Å². The van der Waals surface area contributed by atoms with E-state index in [0.29, 0.717) is 29.7 Å². The lowest BCUT2D eigenvalue weighted by Gasteiger charge is -2.22. The zero-order valence-electron chi connectivity index (χ0n) is 18.4. The second kappa shape index (κ2) is 11.2. The Morgan fingerprint density at radius 2 is 1.84 bits per heavy atom. The van der Waals surface area contributed by atoms with Gasteiger partial charge in [-0.1, -0.05) is 42.0 Å². The number of hydrogen-bond donors (Lipinski definition) is 2. The van der Waals surface area contributed by atoms with E-state index in [1.807, 2.05) is 38.1 Å². The molecule has 0 spiro atoms. The fraction of sp³-hybridized carbons (Fsp3) is 0.304. The molecule has 2 N–H and O–H groups in total. The summed E-state index contributed by atoms with van der Waals surface area (Å²) in [5.74, 6) is 0.502. The lowest BCUT2D eigenvalue weighted by molar-refractivity contribution is -0.116. The van der Waals surface area contributed by atoms with Gasteiger partial charge in [0.2, 0.25) is 11.0 Å². The van der Waals surface area contributed by atoms with Crippen LogP contribution in [0.3, 0.4) is 0 Å². The fourth-order valence-corrected chi connectivity index (χ4v) is 3.80. The summed E-state index contributed by atoms with van der Waals surface area (Å²) in [7, 11) is 1.59. The van der Waals surface area contributed by atoms with Crippen LogP contribution in [0.15, 0.2) is 48.5 Å². The van der Waals surface area contributed by atoms with E-state index in [9.17, 15) is 9.59 Å². The first kappa shape index (κ1) is 23.2. The van der Waals surface area contributed by atoms with Crippen molar-refractivity contribution in [2.75, 3.05) is 30.8 Å². The summed E-state index contributed by atoms with van der Waals surface area (Å²) in [6.07, 6.45) is 0.948. The number of benzene rings is 2.